The molecule has 0 spiro atoms. The molecule has 0 unspecified atom stereocenters. The summed E-state index contributed by atoms with van der Waals surface area (Å²) in [5.41, 5.74) is -1.33. The quantitative estimate of drug-likeness (QED) is 0.402. The topological polar surface area (TPSA) is 143 Å². The lowest BCUT2D eigenvalue weighted by molar-refractivity contribution is -0.125. The van der Waals surface area contributed by atoms with Crippen molar-refractivity contribution in [3.63, 3.8) is 0 Å². The van der Waals surface area contributed by atoms with E-state index in [1.165, 1.54) is 34.1 Å². The van der Waals surface area contributed by atoms with Crippen molar-refractivity contribution in [2.24, 2.45) is 5.92 Å². The van der Waals surface area contributed by atoms with Crippen LogP contribution in [-0.2, 0) is 11.3 Å². The van der Waals surface area contributed by atoms with E-state index in [4.69, 9.17) is 0 Å². The molecule has 11 nitrogen and oxygen atoms in total. The Kier molecular flexibility index (Phi) is 5.64. The van der Waals surface area contributed by atoms with Crippen molar-refractivity contribution in [3.05, 3.63) is 70.0 Å². The van der Waals surface area contributed by atoms with Crippen LogP contribution in [0.4, 0.5) is 14.6 Å². The summed E-state index contributed by atoms with van der Waals surface area (Å²) in [6.45, 7) is 0.203. The smallest absolute Gasteiger partial charge is 0.341 e. The minimum absolute atomic E-state index is 0.00618. The number of aromatic carboxylic acids is 1. The molecule has 14 heteroatoms. The van der Waals surface area contributed by atoms with E-state index >= 15 is 0 Å². The van der Waals surface area contributed by atoms with E-state index in [0.717, 1.165) is 23.8 Å². The molecule has 4 aromatic heterocycles. The summed E-state index contributed by atoms with van der Waals surface area (Å²) in [6.07, 6.45) is 3.75. The highest BCUT2D eigenvalue weighted by Crippen LogP contribution is 2.29. The SMILES string of the molecule is O=C(O)c1cn(-c2ncns2)c2nc(N3CC(C(=O)NCc4ncccc4F)C3)c(F)cc2c1=O. The second-order valence-corrected chi connectivity index (χ2v) is 8.45. The molecule has 0 aliphatic carbocycles. The molecular formula is C21H15F2N7O4S. The molecule has 178 valence electrons. The summed E-state index contributed by atoms with van der Waals surface area (Å²) in [5.74, 6) is -3.77. The van der Waals surface area contributed by atoms with Crippen LogP contribution in [0.15, 0.2) is 41.7 Å². The number of fused-ring (bicyclic) bond motifs is 1. The van der Waals surface area contributed by atoms with E-state index in [-0.39, 0.29) is 53.2 Å². The fraction of sp³-hybridized carbons (Fsp3) is 0.190. The first-order chi connectivity index (χ1) is 16.8. The van der Waals surface area contributed by atoms with Gasteiger partial charge in [-0.25, -0.2) is 23.5 Å². The van der Waals surface area contributed by atoms with Crippen LogP contribution < -0.4 is 15.6 Å². The van der Waals surface area contributed by atoms with Gasteiger partial charge in [0.25, 0.3) is 0 Å². The lowest BCUT2D eigenvalue weighted by Gasteiger charge is -2.39. The number of hydrogen-bond acceptors (Lipinski definition) is 9. The Bertz CT molecular complexity index is 1520. The highest BCUT2D eigenvalue weighted by atomic mass is 32.1. The Labute approximate surface area is 198 Å². The van der Waals surface area contributed by atoms with Crippen LogP contribution in [0, 0.1) is 17.6 Å². The predicted molar refractivity (Wildman–Crippen MR) is 119 cm³/mol. The van der Waals surface area contributed by atoms with E-state index in [0.29, 0.717) is 0 Å². The van der Waals surface area contributed by atoms with Gasteiger partial charge in [-0.2, -0.15) is 4.37 Å². The van der Waals surface area contributed by atoms with Gasteiger partial charge in [0.05, 0.1) is 23.5 Å². The molecule has 4 aromatic rings. The summed E-state index contributed by atoms with van der Waals surface area (Å²) in [4.78, 5) is 50.3. The second-order valence-electron chi connectivity index (χ2n) is 7.69. The second kappa shape index (κ2) is 8.79. The van der Waals surface area contributed by atoms with Crippen molar-refractivity contribution in [2.75, 3.05) is 18.0 Å². The molecule has 1 aliphatic rings. The number of pyridine rings is 3. The Morgan fingerprint density at radius 2 is 2.03 bits per heavy atom. The van der Waals surface area contributed by atoms with Gasteiger partial charge in [0.2, 0.25) is 16.5 Å². The maximum absolute atomic E-state index is 14.9. The van der Waals surface area contributed by atoms with Crippen LogP contribution in [-0.4, -0.2) is 54.0 Å². The van der Waals surface area contributed by atoms with Gasteiger partial charge in [-0.1, -0.05) is 0 Å². The van der Waals surface area contributed by atoms with Crippen LogP contribution in [0.1, 0.15) is 16.1 Å². The molecule has 0 atom stereocenters. The lowest BCUT2D eigenvalue weighted by atomic mass is 9.99. The highest BCUT2D eigenvalue weighted by Gasteiger charge is 2.35. The van der Waals surface area contributed by atoms with Gasteiger partial charge in [0.1, 0.15) is 17.7 Å². The first kappa shape index (κ1) is 22.5. The summed E-state index contributed by atoms with van der Waals surface area (Å²) < 4.78 is 33.8. The Morgan fingerprint density at radius 1 is 1.23 bits per heavy atom. The zero-order chi connectivity index (χ0) is 24.7. The molecule has 0 aromatic carbocycles. The number of halogens is 2. The highest BCUT2D eigenvalue weighted by molar-refractivity contribution is 7.08. The standard InChI is InChI=1S/C21H15F2N7O4S/c22-13-2-1-3-24-15(13)5-25-19(32)10-6-29(7-10)18-14(23)4-11-16(31)12(20(33)34)8-30(17(11)28-18)21-26-9-27-35-21/h1-4,8-10H,5-7H2,(H,25,32)(H,33,34). The Hall–Kier alpha value is -4.33. The Morgan fingerprint density at radius 3 is 2.71 bits per heavy atom. The monoisotopic (exact) mass is 499 g/mol. The summed E-state index contributed by atoms with van der Waals surface area (Å²) in [5, 5.41) is 12.0. The van der Waals surface area contributed by atoms with Gasteiger partial charge in [-0.15, -0.1) is 0 Å². The van der Waals surface area contributed by atoms with Crippen molar-refractivity contribution in [2.45, 2.75) is 6.54 Å². The molecule has 1 fully saturated rings. The van der Waals surface area contributed by atoms with Crippen LogP contribution in [0.5, 0.6) is 0 Å². The molecule has 0 saturated carbocycles. The predicted octanol–water partition coefficient (Wildman–Crippen LogP) is 1.36. The van der Waals surface area contributed by atoms with Gasteiger partial charge in [-0.05, 0) is 18.2 Å². The number of carbonyl (C=O) groups is 2. The molecule has 1 saturated heterocycles. The van der Waals surface area contributed by atoms with Gasteiger partial charge in [0.15, 0.2) is 17.3 Å². The Balaban J connectivity index is 1.40. The number of carboxylic acids is 1. The van der Waals surface area contributed by atoms with Gasteiger partial charge in [0, 0.05) is 37.0 Å². The van der Waals surface area contributed by atoms with Crippen LogP contribution in [0.3, 0.4) is 0 Å². The van der Waals surface area contributed by atoms with Gasteiger partial charge >= 0.3 is 5.97 Å². The van der Waals surface area contributed by atoms with E-state index in [1.807, 2.05) is 0 Å². The van der Waals surface area contributed by atoms with Crippen molar-refractivity contribution in [1.29, 1.82) is 0 Å². The largest absolute Gasteiger partial charge is 0.477 e. The van der Waals surface area contributed by atoms with Gasteiger partial charge < -0.3 is 15.3 Å². The maximum atomic E-state index is 14.9. The number of amides is 1. The average molecular weight is 499 g/mol. The number of rotatable bonds is 6. The summed E-state index contributed by atoms with van der Waals surface area (Å²) in [6, 6.07) is 3.62. The fourth-order valence-electron chi connectivity index (χ4n) is 3.69. The number of aromatic nitrogens is 5. The van der Waals surface area contributed by atoms with Crippen molar-refractivity contribution in [3.8, 4) is 5.13 Å². The number of nitrogens with zero attached hydrogens (tertiary/aromatic N) is 6. The molecule has 35 heavy (non-hydrogen) atoms. The summed E-state index contributed by atoms with van der Waals surface area (Å²) in [7, 11) is 0. The average Bonchev–Trinajstić information content (AvgIpc) is 3.33. The number of carboxylic acid groups (broad SMARTS) is 1. The molecule has 5 heterocycles. The zero-order valence-corrected chi connectivity index (χ0v) is 18.5. The lowest BCUT2D eigenvalue weighted by Crippen LogP contribution is -2.54. The van der Waals surface area contributed by atoms with Crippen molar-refractivity contribution < 1.29 is 23.5 Å². The molecular weight excluding hydrogens is 484 g/mol. The number of anilines is 1. The van der Waals surface area contributed by atoms with Crippen LogP contribution in [0.25, 0.3) is 16.2 Å². The van der Waals surface area contributed by atoms with E-state index < -0.39 is 34.5 Å². The van der Waals surface area contributed by atoms with E-state index in [2.05, 4.69) is 24.6 Å². The number of hydrogen-bond donors (Lipinski definition) is 2. The van der Waals surface area contributed by atoms with Crippen LogP contribution in [0.2, 0.25) is 0 Å². The van der Waals surface area contributed by atoms with Crippen LogP contribution >= 0.6 is 11.5 Å². The minimum Gasteiger partial charge on any atom is -0.477 e. The fourth-order valence-corrected chi connectivity index (χ4v) is 4.20. The normalized spacial score (nSPS) is 13.6. The molecule has 0 bridgehead atoms. The van der Waals surface area contributed by atoms with Gasteiger partial charge in [-0.3, -0.25) is 19.1 Å². The molecule has 2 N–H and O–H groups in total. The number of carbonyl (C=O) groups excluding carboxylic acids is 1. The van der Waals surface area contributed by atoms with Crippen molar-refractivity contribution in [1.82, 2.24) is 29.2 Å². The number of nitrogens with one attached hydrogen (secondary N) is 1. The first-order valence-corrected chi connectivity index (χ1v) is 11.0. The third-order valence-electron chi connectivity index (χ3n) is 5.52. The van der Waals surface area contributed by atoms with E-state index in [1.54, 1.807) is 0 Å². The van der Waals surface area contributed by atoms with Crippen molar-refractivity contribution >= 4 is 40.3 Å². The first-order valence-electron chi connectivity index (χ1n) is 10.2. The summed E-state index contributed by atoms with van der Waals surface area (Å²) >= 11 is 0.939. The molecule has 1 aliphatic heterocycles. The third kappa shape index (κ3) is 4.07. The zero-order valence-electron chi connectivity index (χ0n) is 17.7. The minimum atomic E-state index is -1.47. The molecule has 0 radical (unpaired) electrons. The van der Waals surface area contributed by atoms with E-state index in [9.17, 15) is 28.3 Å². The third-order valence-corrected chi connectivity index (χ3v) is 6.18. The molecule has 5 rings (SSSR count). The maximum Gasteiger partial charge on any atom is 0.341 e. The molecule has 1 amide bonds.